The number of aryl methyl sites for hydroxylation is 1. The van der Waals surface area contributed by atoms with Crippen LogP contribution in [0.25, 0.3) is 0 Å². The van der Waals surface area contributed by atoms with Gasteiger partial charge in [-0.25, -0.2) is 8.42 Å². The van der Waals surface area contributed by atoms with Crippen LogP contribution < -0.4 is 14.8 Å². The van der Waals surface area contributed by atoms with Crippen LogP contribution in [0.1, 0.15) is 15.9 Å². The molecule has 0 saturated carbocycles. The molecular weight excluding hydrogens is 472 g/mol. The van der Waals surface area contributed by atoms with Gasteiger partial charge in [0, 0.05) is 16.9 Å². The smallest absolute Gasteiger partial charge is 0.263 e. The van der Waals surface area contributed by atoms with Gasteiger partial charge in [-0.1, -0.05) is 47.5 Å². The Hall–Kier alpha value is -3.81. The first kappa shape index (κ1) is 23.4. The quantitative estimate of drug-likeness (QED) is 0.308. The zero-order valence-electron chi connectivity index (χ0n) is 18.2. The number of anilines is 2. The first-order valence-electron chi connectivity index (χ1n) is 10.3. The van der Waals surface area contributed by atoms with Crippen molar-refractivity contribution in [3.63, 3.8) is 0 Å². The van der Waals surface area contributed by atoms with Crippen molar-refractivity contribution in [2.45, 2.75) is 11.8 Å². The Labute approximate surface area is 203 Å². The summed E-state index contributed by atoms with van der Waals surface area (Å²) in [5.74, 6) is 0.847. The van der Waals surface area contributed by atoms with Gasteiger partial charge in [-0.3, -0.25) is 9.52 Å². The van der Waals surface area contributed by atoms with Gasteiger partial charge in [-0.05, 0) is 73.7 Å². The molecule has 0 heterocycles. The van der Waals surface area contributed by atoms with Gasteiger partial charge in [0.15, 0.2) is 0 Å². The van der Waals surface area contributed by atoms with Crippen molar-refractivity contribution in [1.82, 2.24) is 0 Å². The summed E-state index contributed by atoms with van der Waals surface area (Å²) >= 11 is 6.16. The van der Waals surface area contributed by atoms with E-state index in [9.17, 15) is 13.2 Å². The van der Waals surface area contributed by atoms with Crippen LogP contribution in [0.4, 0.5) is 11.4 Å². The van der Waals surface area contributed by atoms with Crippen LogP contribution in [-0.2, 0) is 10.0 Å². The highest BCUT2D eigenvalue weighted by Gasteiger charge is 2.20. The molecule has 0 atom stereocenters. The molecule has 6 nitrogen and oxygen atoms in total. The number of rotatable bonds is 7. The maximum Gasteiger partial charge on any atom is 0.263 e. The Morgan fingerprint density at radius 3 is 2.09 bits per heavy atom. The first-order chi connectivity index (χ1) is 16.3. The minimum atomic E-state index is -4.00. The number of para-hydroxylation sites is 1. The van der Waals surface area contributed by atoms with E-state index >= 15 is 0 Å². The van der Waals surface area contributed by atoms with Gasteiger partial charge in [-0.2, -0.15) is 0 Å². The summed E-state index contributed by atoms with van der Waals surface area (Å²) in [7, 11) is -4.00. The van der Waals surface area contributed by atoms with Crippen molar-refractivity contribution in [1.29, 1.82) is 0 Å². The lowest BCUT2D eigenvalue weighted by atomic mass is 10.2. The minimum Gasteiger partial charge on any atom is -0.457 e. The third-order valence-corrected chi connectivity index (χ3v) is 6.74. The molecule has 0 saturated heterocycles. The summed E-state index contributed by atoms with van der Waals surface area (Å²) in [4.78, 5) is 12.6. The summed E-state index contributed by atoms with van der Waals surface area (Å²) in [6.45, 7) is 1.90. The fourth-order valence-electron chi connectivity index (χ4n) is 3.12. The molecule has 0 radical (unpaired) electrons. The molecule has 0 unspecified atom stereocenters. The van der Waals surface area contributed by atoms with E-state index in [0.29, 0.717) is 22.9 Å². The molecule has 0 bridgehead atoms. The normalized spacial score (nSPS) is 11.0. The Morgan fingerprint density at radius 1 is 0.794 bits per heavy atom. The van der Waals surface area contributed by atoms with Crippen molar-refractivity contribution in [2.24, 2.45) is 0 Å². The van der Waals surface area contributed by atoms with E-state index in [4.69, 9.17) is 16.3 Å². The van der Waals surface area contributed by atoms with E-state index in [2.05, 4.69) is 10.0 Å². The van der Waals surface area contributed by atoms with Crippen LogP contribution in [0.2, 0.25) is 5.02 Å². The largest absolute Gasteiger partial charge is 0.457 e. The lowest BCUT2D eigenvalue weighted by Crippen LogP contribution is -2.16. The first-order valence-corrected chi connectivity index (χ1v) is 12.2. The molecule has 172 valence electrons. The number of halogens is 1. The number of amides is 1. The highest BCUT2D eigenvalue weighted by molar-refractivity contribution is 7.92. The van der Waals surface area contributed by atoms with Crippen LogP contribution in [0.5, 0.6) is 11.5 Å². The van der Waals surface area contributed by atoms with Crippen LogP contribution >= 0.6 is 11.6 Å². The second-order valence-electron chi connectivity index (χ2n) is 7.51. The van der Waals surface area contributed by atoms with E-state index in [1.807, 2.05) is 37.3 Å². The molecule has 2 N–H and O–H groups in total. The molecule has 0 aliphatic rings. The number of hydrogen-bond donors (Lipinski definition) is 2. The van der Waals surface area contributed by atoms with Gasteiger partial charge >= 0.3 is 0 Å². The Bertz CT molecular complexity index is 1410. The van der Waals surface area contributed by atoms with E-state index in [0.717, 1.165) is 5.56 Å². The van der Waals surface area contributed by atoms with Crippen molar-refractivity contribution >= 4 is 38.9 Å². The number of carbonyl (C=O) groups excluding carboxylic acids is 1. The van der Waals surface area contributed by atoms with Crippen LogP contribution in [0.3, 0.4) is 0 Å². The Kier molecular flexibility index (Phi) is 6.86. The van der Waals surface area contributed by atoms with Gasteiger partial charge < -0.3 is 10.1 Å². The molecule has 0 fully saturated rings. The van der Waals surface area contributed by atoms with E-state index in [-0.39, 0.29) is 15.5 Å². The average Bonchev–Trinajstić information content (AvgIpc) is 2.82. The molecule has 8 heteroatoms. The molecule has 0 aromatic heterocycles. The zero-order valence-corrected chi connectivity index (χ0v) is 19.7. The predicted molar refractivity (Wildman–Crippen MR) is 134 cm³/mol. The van der Waals surface area contributed by atoms with Crippen LogP contribution in [0, 0.1) is 6.92 Å². The second kappa shape index (κ2) is 9.99. The summed E-state index contributed by atoms with van der Waals surface area (Å²) in [6.07, 6.45) is 0. The minimum absolute atomic E-state index is 0.0126. The van der Waals surface area contributed by atoms with Crippen molar-refractivity contribution in [3.8, 4) is 11.5 Å². The van der Waals surface area contributed by atoms with E-state index in [1.165, 1.54) is 18.2 Å². The number of sulfonamides is 1. The van der Waals surface area contributed by atoms with Crippen molar-refractivity contribution in [2.75, 3.05) is 10.0 Å². The molecule has 34 heavy (non-hydrogen) atoms. The summed E-state index contributed by atoms with van der Waals surface area (Å²) < 4.78 is 34.0. The average molecular weight is 493 g/mol. The highest BCUT2D eigenvalue weighted by atomic mass is 35.5. The Balaban J connectivity index is 1.48. The summed E-state index contributed by atoms with van der Waals surface area (Å²) in [5, 5.41) is 2.76. The predicted octanol–water partition coefficient (Wildman–Crippen LogP) is 6.49. The molecular formula is C26H21ClN2O4S. The molecule has 4 aromatic rings. The third-order valence-electron chi connectivity index (χ3n) is 4.88. The zero-order chi connectivity index (χ0) is 24.1. The van der Waals surface area contributed by atoms with Crippen LogP contribution in [0.15, 0.2) is 102 Å². The standard InChI is InChI=1S/C26H21ClN2O4S/c1-18-7-10-21(11-8-18)29-34(31,32)25-17-19(9-16-24(25)27)26(30)28-20-12-14-23(15-13-20)33-22-5-3-2-4-6-22/h2-17,29H,1H3,(H,28,30). The fourth-order valence-corrected chi connectivity index (χ4v) is 4.70. The van der Waals surface area contributed by atoms with E-state index in [1.54, 1.807) is 48.5 Å². The van der Waals surface area contributed by atoms with Gasteiger partial charge in [-0.15, -0.1) is 0 Å². The number of carbonyl (C=O) groups is 1. The molecule has 4 rings (SSSR count). The number of ether oxygens (including phenoxy) is 1. The fraction of sp³-hybridized carbons (Fsp3) is 0.0385. The van der Waals surface area contributed by atoms with Gasteiger partial charge in [0.25, 0.3) is 15.9 Å². The SMILES string of the molecule is Cc1ccc(NS(=O)(=O)c2cc(C(=O)Nc3ccc(Oc4ccccc4)cc3)ccc2Cl)cc1. The molecule has 1 amide bonds. The lowest BCUT2D eigenvalue weighted by Gasteiger charge is -2.12. The monoisotopic (exact) mass is 492 g/mol. The molecule has 0 spiro atoms. The maximum absolute atomic E-state index is 12.9. The van der Waals surface area contributed by atoms with Crippen molar-refractivity contribution in [3.05, 3.63) is 113 Å². The summed E-state index contributed by atoms with van der Waals surface area (Å²) in [6, 6.07) is 27.2. The number of nitrogens with one attached hydrogen (secondary N) is 2. The Morgan fingerprint density at radius 2 is 1.41 bits per heavy atom. The summed E-state index contributed by atoms with van der Waals surface area (Å²) in [5.41, 5.74) is 2.08. The molecule has 0 aliphatic carbocycles. The van der Waals surface area contributed by atoms with E-state index < -0.39 is 15.9 Å². The molecule has 0 aliphatic heterocycles. The molecule has 4 aromatic carbocycles. The third kappa shape index (κ3) is 5.75. The van der Waals surface area contributed by atoms with Gasteiger partial charge in [0.05, 0.1) is 5.02 Å². The topological polar surface area (TPSA) is 84.5 Å². The van der Waals surface area contributed by atoms with Gasteiger partial charge in [0.1, 0.15) is 16.4 Å². The number of hydrogen-bond acceptors (Lipinski definition) is 4. The maximum atomic E-state index is 12.9. The number of benzene rings is 4. The van der Waals surface area contributed by atoms with Crippen molar-refractivity contribution < 1.29 is 17.9 Å². The van der Waals surface area contributed by atoms with Crippen LogP contribution in [-0.4, -0.2) is 14.3 Å². The lowest BCUT2D eigenvalue weighted by molar-refractivity contribution is 0.102. The highest BCUT2D eigenvalue weighted by Crippen LogP contribution is 2.27. The van der Waals surface area contributed by atoms with Gasteiger partial charge in [0.2, 0.25) is 0 Å². The second-order valence-corrected chi connectivity index (χ2v) is 9.57.